The zero-order valence-electron chi connectivity index (χ0n) is 17.2. The van der Waals surface area contributed by atoms with E-state index in [1.807, 2.05) is 12.1 Å². The predicted molar refractivity (Wildman–Crippen MR) is 125 cm³/mol. The standard InChI is InChI=1S/C23H18ClN5O3S/c24-17-4-1-5-18(11-17)27-22(31)23-29-28-20(33-23)14-32-19-8-6-16(7-9-19)21(30)26-13-15-3-2-10-25-12-15/h1-12H,13-14H2,(H,26,30)(H,27,31). The van der Waals surface area contributed by atoms with E-state index in [2.05, 4.69) is 25.8 Å². The highest BCUT2D eigenvalue weighted by atomic mass is 35.5. The zero-order chi connectivity index (χ0) is 23.0. The normalized spacial score (nSPS) is 10.5. The molecular formula is C23H18ClN5O3S. The maximum atomic E-state index is 12.3. The van der Waals surface area contributed by atoms with Gasteiger partial charge in [-0.2, -0.15) is 0 Å². The Labute approximate surface area is 198 Å². The molecule has 0 saturated heterocycles. The highest BCUT2D eigenvalue weighted by molar-refractivity contribution is 7.13. The molecule has 0 spiro atoms. The van der Waals surface area contributed by atoms with Gasteiger partial charge in [0.2, 0.25) is 5.01 Å². The molecule has 2 aromatic heterocycles. The largest absolute Gasteiger partial charge is 0.486 e. The summed E-state index contributed by atoms with van der Waals surface area (Å²) in [7, 11) is 0. The first-order valence-electron chi connectivity index (χ1n) is 9.86. The van der Waals surface area contributed by atoms with E-state index >= 15 is 0 Å². The first kappa shape index (κ1) is 22.4. The van der Waals surface area contributed by atoms with Crippen molar-refractivity contribution < 1.29 is 14.3 Å². The molecule has 0 radical (unpaired) electrons. The van der Waals surface area contributed by atoms with Gasteiger partial charge >= 0.3 is 0 Å². The summed E-state index contributed by atoms with van der Waals surface area (Å²) in [5, 5.41) is 14.8. The molecule has 2 N–H and O–H groups in total. The van der Waals surface area contributed by atoms with Crippen LogP contribution in [0.3, 0.4) is 0 Å². The first-order chi connectivity index (χ1) is 16.1. The lowest BCUT2D eigenvalue weighted by Crippen LogP contribution is -2.22. The number of nitrogens with zero attached hydrogens (tertiary/aromatic N) is 3. The number of benzene rings is 2. The van der Waals surface area contributed by atoms with Crippen molar-refractivity contribution >= 4 is 40.4 Å². The minimum Gasteiger partial charge on any atom is -0.486 e. The van der Waals surface area contributed by atoms with Gasteiger partial charge in [-0.15, -0.1) is 10.2 Å². The van der Waals surface area contributed by atoms with E-state index in [1.165, 1.54) is 0 Å². The van der Waals surface area contributed by atoms with Gasteiger partial charge < -0.3 is 15.4 Å². The number of carbonyl (C=O) groups is 2. The number of halogens is 1. The van der Waals surface area contributed by atoms with Crippen LogP contribution in [0, 0.1) is 0 Å². The Balaban J connectivity index is 1.27. The first-order valence-corrected chi connectivity index (χ1v) is 11.1. The molecule has 0 aliphatic rings. The Hall–Kier alpha value is -3.82. The molecule has 33 heavy (non-hydrogen) atoms. The molecule has 0 saturated carbocycles. The van der Waals surface area contributed by atoms with E-state index in [-0.39, 0.29) is 23.4 Å². The summed E-state index contributed by atoms with van der Waals surface area (Å²) < 4.78 is 5.70. The van der Waals surface area contributed by atoms with E-state index < -0.39 is 0 Å². The quantitative estimate of drug-likeness (QED) is 0.389. The van der Waals surface area contributed by atoms with Crippen LogP contribution in [0.25, 0.3) is 0 Å². The molecule has 2 aromatic carbocycles. The monoisotopic (exact) mass is 479 g/mol. The number of carbonyl (C=O) groups excluding carboxylic acids is 2. The van der Waals surface area contributed by atoms with Crippen molar-refractivity contribution in [1.82, 2.24) is 20.5 Å². The number of aromatic nitrogens is 3. The highest BCUT2D eigenvalue weighted by Crippen LogP contribution is 2.19. The summed E-state index contributed by atoms with van der Waals surface area (Å²) in [6, 6.07) is 17.3. The van der Waals surface area contributed by atoms with E-state index in [0.717, 1.165) is 16.9 Å². The lowest BCUT2D eigenvalue weighted by Gasteiger charge is -2.07. The maximum absolute atomic E-state index is 12.3. The van der Waals surface area contributed by atoms with Crippen molar-refractivity contribution in [2.45, 2.75) is 13.2 Å². The fourth-order valence-corrected chi connectivity index (χ4v) is 3.63. The molecule has 10 heteroatoms. The molecule has 0 bridgehead atoms. The van der Waals surface area contributed by atoms with Gasteiger partial charge in [0.05, 0.1) is 0 Å². The number of hydrogen-bond donors (Lipinski definition) is 2. The van der Waals surface area contributed by atoms with Crippen molar-refractivity contribution in [3.63, 3.8) is 0 Å². The molecule has 8 nitrogen and oxygen atoms in total. The molecule has 0 unspecified atom stereocenters. The van der Waals surface area contributed by atoms with Crippen LogP contribution in [-0.2, 0) is 13.2 Å². The Kier molecular flexibility index (Phi) is 7.23. The van der Waals surface area contributed by atoms with Crippen LogP contribution in [0.15, 0.2) is 73.1 Å². The molecule has 166 valence electrons. The molecule has 2 amide bonds. The van der Waals surface area contributed by atoms with Crippen molar-refractivity contribution in [2.75, 3.05) is 5.32 Å². The second kappa shape index (κ2) is 10.7. The number of amides is 2. The predicted octanol–water partition coefficient (Wildman–Crippen LogP) is 4.35. The number of ether oxygens (including phenoxy) is 1. The molecule has 2 heterocycles. The number of rotatable bonds is 8. The Bertz CT molecular complexity index is 1250. The topological polar surface area (TPSA) is 106 Å². The van der Waals surface area contributed by atoms with Crippen molar-refractivity contribution in [3.05, 3.63) is 99.2 Å². The maximum Gasteiger partial charge on any atom is 0.286 e. The van der Waals surface area contributed by atoms with Gasteiger partial charge in [0.15, 0.2) is 5.01 Å². The lowest BCUT2D eigenvalue weighted by atomic mass is 10.2. The molecule has 0 atom stereocenters. The number of anilines is 1. The Morgan fingerprint density at radius 2 is 1.85 bits per heavy atom. The third-order valence-electron chi connectivity index (χ3n) is 4.40. The summed E-state index contributed by atoms with van der Waals surface area (Å²) in [4.78, 5) is 28.6. The molecular weight excluding hydrogens is 462 g/mol. The van der Waals surface area contributed by atoms with E-state index in [1.54, 1.807) is 60.9 Å². The summed E-state index contributed by atoms with van der Waals surface area (Å²) in [5.74, 6) is 0.00601. The van der Waals surface area contributed by atoms with Gasteiger partial charge in [0.1, 0.15) is 12.4 Å². The number of hydrogen-bond acceptors (Lipinski definition) is 7. The smallest absolute Gasteiger partial charge is 0.286 e. The molecule has 0 fully saturated rings. The summed E-state index contributed by atoms with van der Waals surface area (Å²) in [5.41, 5.74) is 2.01. The lowest BCUT2D eigenvalue weighted by molar-refractivity contribution is 0.0950. The number of nitrogens with one attached hydrogen (secondary N) is 2. The van der Waals surface area contributed by atoms with Crippen LogP contribution in [-0.4, -0.2) is 27.0 Å². The highest BCUT2D eigenvalue weighted by Gasteiger charge is 2.14. The summed E-state index contributed by atoms with van der Waals surface area (Å²) in [6.45, 7) is 0.545. The zero-order valence-corrected chi connectivity index (χ0v) is 18.8. The molecule has 4 aromatic rings. The molecule has 4 rings (SSSR count). The minimum absolute atomic E-state index is 0.147. The Morgan fingerprint density at radius 1 is 1.00 bits per heavy atom. The number of pyridine rings is 1. The van der Waals surface area contributed by atoms with Gasteiger partial charge in [-0.05, 0) is 54.1 Å². The summed E-state index contributed by atoms with van der Waals surface area (Å²) >= 11 is 7.06. The summed E-state index contributed by atoms with van der Waals surface area (Å²) in [6.07, 6.45) is 3.39. The second-order valence-corrected chi connectivity index (χ2v) is 8.32. The van der Waals surface area contributed by atoms with Gasteiger partial charge in [0, 0.05) is 35.2 Å². The third-order valence-corrected chi connectivity index (χ3v) is 5.53. The van der Waals surface area contributed by atoms with Crippen LogP contribution in [0.2, 0.25) is 5.02 Å². The minimum atomic E-state index is -0.373. The fraction of sp³-hybridized carbons (Fsp3) is 0.0870. The van der Waals surface area contributed by atoms with Gasteiger partial charge in [0.25, 0.3) is 11.8 Å². The van der Waals surface area contributed by atoms with Gasteiger partial charge in [-0.25, -0.2) is 0 Å². The van der Waals surface area contributed by atoms with E-state index in [9.17, 15) is 9.59 Å². The van der Waals surface area contributed by atoms with Crippen LogP contribution < -0.4 is 15.4 Å². The van der Waals surface area contributed by atoms with E-state index in [0.29, 0.717) is 33.6 Å². The van der Waals surface area contributed by atoms with Crippen molar-refractivity contribution in [3.8, 4) is 5.75 Å². The SMILES string of the molecule is O=C(NCc1cccnc1)c1ccc(OCc2nnc(C(=O)Nc3cccc(Cl)c3)s2)cc1. The van der Waals surface area contributed by atoms with Crippen LogP contribution in [0.5, 0.6) is 5.75 Å². The Morgan fingerprint density at radius 3 is 2.61 bits per heavy atom. The van der Waals surface area contributed by atoms with Crippen LogP contribution >= 0.6 is 22.9 Å². The molecule has 0 aliphatic heterocycles. The molecule has 0 aliphatic carbocycles. The van der Waals surface area contributed by atoms with Gasteiger partial charge in [-0.3, -0.25) is 14.6 Å². The van der Waals surface area contributed by atoms with Gasteiger partial charge in [-0.1, -0.05) is 35.1 Å². The van der Waals surface area contributed by atoms with E-state index in [4.69, 9.17) is 16.3 Å². The average molecular weight is 480 g/mol. The van der Waals surface area contributed by atoms with Crippen LogP contribution in [0.1, 0.15) is 30.7 Å². The van der Waals surface area contributed by atoms with Crippen molar-refractivity contribution in [1.29, 1.82) is 0 Å². The average Bonchev–Trinajstić information content (AvgIpc) is 3.32. The second-order valence-electron chi connectivity index (χ2n) is 6.82. The van der Waals surface area contributed by atoms with Crippen LogP contribution in [0.4, 0.5) is 5.69 Å². The fourth-order valence-electron chi connectivity index (χ4n) is 2.79. The van der Waals surface area contributed by atoms with Crippen molar-refractivity contribution in [2.24, 2.45) is 0 Å². The third kappa shape index (κ3) is 6.34.